The molecule has 1 aromatic heterocycles. The van der Waals surface area contributed by atoms with E-state index in [1.807, 2.05) is 36.5 Å². The van der Waals surface area contributed by atoms with Crippen LogP contribution in [-0.2, 0) is 11.3 Å². The molecule has 0 spiro atoms. The molecule has 0 N–H and O–H groups in total. The first-order valence-electron chi connectivity index (χ1n) is 8.64. The number of ether oxygens (including phenoxy) is 1. The maximum atomic E-state index is 12.9. The van der Waals surface area contributed by atoms with Crippen molar-refractivity contribution in [2.75, 3.05) is 7.05 Å². The minimum Gasteiger partial charge on any atom is -0.478 e. The lowest BCUT2D eigenvalue weighted by Gasteiger charge is -2.30. The number of hydrogen-bond acceptors (Lipinski definition) is 3. The Balaban J connectivity index is 1.66. The highest BCUT2D eigenvalue weighted by Crippen LogP contribution is 2.22. The molecule has 1 heterocycles. The molecule has 0 bridgehead atoms. The summed E-state index contributed by atoms with van der Waals surface area (Å²) in [6, 6.07) is 16.8. The Hall–Kier alpha value is -2.79. The Labute approximate surface area is 164 Å². The molecule has 1 amide bonds. The Morgan fingerprint density at radius 3 is 2.48 bits per heavy atom. The first kappa shape index (κ1) is 19.0. The highest BCUT2D eigenvalue weighted by Gasteiger charge is 2.33. The molecule has 2 aromatic carbocycles. The summed E-state index contributed by atoms with van der Waals surface area (Å²) in [6.45, 7) is 3.96. The van der Waals surface area contributed by atoms with E-state index in [9.17, 15) is 4.79 Å². The summed E-state index contributed by atoms with van der Waals surface area (Å²) in [5.74, 6) is 0.480. The number of benzene rings is 2. The van der Waals surface area contributed by atoms with Gasteiger partial charge in [-0.1, -0.05) is 29.8 Å². The van der Waals surface area contributed by atoms with Crippen molar-refractivity contribution in [3.05, 3.63) is 77.6 Å². The van der Waals surface area contributed by atoms with Gasteiger partial charge in [0, 0.05) is 30.4 Å². The van der Waals surface area contributed by atoms with E-state index in [1.165, 1.54) is 0 Å². The number of likely N-dealkylation sites (N-methyl/N-ethyl adjacent to an activating group) is 1. The summed E-state index contributed by atoms with van der Waals surface area (Å²) < 4.78 is 7.68. The van der Waals surface area contributed by atoms with Crippen LogP contribution in [0.4, 0.5) is 0 Å². The van der Waals surface area contributed by atoms with Gasteiger partial charge in [0.1, 0.15) is 5.75 Å². The van der Waals surface area contributed by atoms with Crippen LogP contribution >= 0.6 is 11.6 Å². The number of carbonyl (C=O) groups is 1. The average molecular weight is 384 g/mol. The van der Waals surface area contributed by atoms with Crippen LogP contribution in [0.25, 0.3) is 5.69 Å². The van der Waals surface area contributed by atoms with E-state index in [0.717, 1.165) is 11.3 Å². The fourth-order valence-electron chi connectivity index (χ4n) is 2.81. The molecular formula is C21H22ClN3O2. The van der Waals surface area contributed by atoms with Crippen molar-refractivity contribution in [1.82, 2.24) is 14.7 Å². The molecule has 3 rings (SSSR count). The number of rotatable bonds is 6. The second kappa shape index (κ2) is 7.84. The summed E-state index contributed by atoms with van der Waals surface area (Å²) in [5.41, 5.74) is 0.916. The second-order valence-electron chi connectivity index (χ2n) is 6.86. The summed E-state index contributed by atoms with van der Waals surface area (Å²) in [6.07, 6.45) is 3.69. The topological polar surface area (TPSA) is 47.4 Å². The molecule has 0 aliphatic heterocycles. The van der Waals surface area contributed by atoms with Gasteiger partial charge >= 0.3 is 0 Å². The number of amides is 1. The standard InChI is InChI=1S/C21H22ClN3O2/c1-21(2,27-19-11-9-17(22)10-12-19)20(26)24(3)14-16-13-23-25(15-16)18-7-5-4-6-8-18/h4-13,15H,14H2,1-3H3. The van der Waals surface area contributed by atoms with Crippen molar-refractivity contribution in [1.29, 1.82) is 0 Å². The van der Waals surface area contributed by atoms with Crippen molar-refractivity contribution >= 4 is 17.5 Å². The molecule has 0 saturated heterocycles. The normalized spacial score (nSPS) is 11.3. The summed E-state index contributed by atoms with van der Waals surface area (Å²) >= 11 is 5.89. The van der Waals surface area contributed by atoms with E-state index < -0.39 is 5.60 Å². The zero-order chi connectivity index (χ0) is 19.4. The van der Waals surface area contributed by atoms with Crippen molar-refractivity contribution < 1.29 is 9.53 Å². The third-order valence-corrected chi connectivity index (χ3v) is 4.38. The van der Waals surface area contributed by atoms with Crippen LogP contribution in [0.5, 0.6) is 5.75 Å². The SMILES string of the molecule is CN(Cc1cnn(-c2ccccc2)c1)C(=O)C(C)(C)Oc1ccc(Cl)cc1. The molecule has 140 valence electrons. The molecule has 0 aliphatic rings. The summed E-state index contributed by atoms with van der Waals surface area (Å²) in [7, 11) is 1.76. The van der Waals surface area contributed by atoms with Gasteiger partial charge in [0.15, 0.2) is 5.60 Å². The number of carbonyl (C=O) groups excluding carboxylic acids is 1. The first-order chi connectivity index (χ1) is 12.8. The number of hydrogen-bond donors (Lipinski definition) is 0. The monoisotopic (exact) mass is 383 g/mol. The molecule has 0 unspecified atom stereocenters. The lowest BCUT2D eigenvalue weighted by molar-refractivity contribution is -0.144. The second-order valence-corrected chi connectivity index (χ2v) is 7.29. The van der Waals surface area contributed by atoms with Gasteiger partial charge in [-0.2, -0.15) is 5.10 Å². The lowest BCUT2D eigenvalue weighted by Crippen LogP contribution is -2.47. The third kappa shape index (κ3) is 4.68. The maximum absolute atomic E-state index is 12.9. The quantitative estimate of drug-likeness (QED) is 0.636. The minimum absolute atomic E-state index is 0.120. The molecule has 0 radical (unpaired) electrons. The van der Waals surface area contributed by atoms with Gasteiger partial charge in [-0.15, -0.1) is 0 Å². The molecule has 27 heavy (non-hydrogen) atoms. The number of para-hydroxylation sites is 1. The first-order valence-corrected chi connectivity index (χ1v) is 9.02. The van der Waals surface area contributed by atoms with Crippen LogP contribution in [0, 0.1) is 0 Å². The number of aromatic nitrogens is 2. The minimum atomic E-state index is -1.00. The molecule has 0 aliphatic carbocycles. The van der Waals surface area contributed by atoms with Gasteiger partial charge in [0.05, 0.1) is 11.9 Å². The van der Waals surface area contributed by atoms with Gasteiger partial charge in [-0.25, -0.2) is 4.68 Å². The molecule has 5 nitrogen and oxygen atoms in total. The molecule has 0 saturated carbocycles. The zero-order valence-electron chi connectivity index (χ0n) is 15.6. The Morgan fingerprint density at radius 2 is 1.81 bits per heavy atom. The van der Waals surface area contributed by atoms with Gasteiger partial charge in [0.2, 0.25) is 0 Å². The molecule has 0 fully saturated rings. The van der Waals surface area contributed by atoms with Crippen molar-refractivity contribution in [2.24, 2.45) is 0 Å². The van der Waals surface area contributed by atoms with E-state index in [2.05, 4.69) is 5.10 Å². The number of nitrogens with zero attached hydrogens (tertiary/aromatic N) is 3. The predicted molar refractivity (Wildman–Crippen MR) is 106 cm³/mol. The highest BCUT2D eigenvalue weighted by atomic mass is 35.5. The van der Waals surface area contributed by atoms with E-state index in [1.54, 1.807) is 60.9 Å². The maximum Gasteiger partial charge on any atom is 0.266 e. The molecule has 0 atom stereocenters. The molecule has 3 aromatic rings. The van der Waals surface area contributed by atoms with Gasteiger partial charge < -0.3 is 9.64 Å². The number of halogens is 1. The smallest absolute Gasteiger partial charge is 0.266 e. The van der Waals surface area contributed by atoms with Crippen molar-refractivity contribution in [3.8, 4) is 11.4 Å². The van der Waals surface area contributed by atoms with Crippen molar-refractivity contribution in [2.45, 2.75) is 26.0 Å². The Bertz CT molecular complexity index is 905. The van der Waals surface area contributed by atoms with E-state index in [0.29, 0.717) is 17.3 Å². The van der Waals surface area contributed by atoms with Crippen molar-refractivity contribution in [3.63, 3.8) is 0 Å². The zero-order valence-corrected chi connectivity index (χ0v) is 16.3. The third-order valence-electron chi connectivity index (χ3n) is 4.12. The molecule has 6 heteroatoms. The predicted octanol–water partition coefficient (Wildman–Crippen LogP) is 4.34. The fourth-order valence-corrected chi connectivity index (χ4v) is 2.94. The Morgan fingerprint density at radius 1 is 1.15 bits per heavy atom. The van der Waals surface area contributed by atoms with Crippen LogP contribution < -0.4 is 4.74 Å². The summed E-state index contributed by atoms with van der Waals surface area (Å²) in [4.78, 5) is 14.5. The fraction of sp³-hybridized carbons (Fsp3) is 0.238. The lowest BCUT2D eigenvalue weighted by atomic mass is 10.1. The average Bonchev–Trinajstić information content (AvgIpc) is 3.12. The molecular weight excluding hydrogens is 362 g/mol. The van der Waals surface area contributed by atoms with Crippen LogP contribution in [0.1, 0.15) is 19.4 Å². The van der Waals surface area contributed by atoms with Gasteiger partial charge in [0.25, 0.3) is 5.91 Å². The highest BCUT2D eigenvalue weighted by molar-refractivity contribution is 6.30. The van der Waals surface area contributed by atoms with Crippen LogP contribution in [0.15, 0.2) is 67.0 Å². The Kier molecular flexibility index (Phi) is 5.51. The van der Waals surface area contributed by atoms with E-state index in [-0.39, 0.29) is 5.91 Å². The van der Waals surface area contributed by atoms with Gasteiger partial charge in [-0.3, -0.25) is 4.79 Å². The van der Waals surface area contributed by atoms with Crippen LogP contribution in [-0.4, -0.2) is 33.2 Å². The van der Waals surface area contributed by atoms with E-state index >= 15 is 0 Å². The van der Waals surface area contributed by atoms with Gasteiger partial charge in [-0.05, 0) is 50.2 Å². The summed E-state index contributed by atoms with van der Waals surface area (Å²) in [5, 5.41) is 5.00. The van der Waals surface area contributed by atoms with Crippen LogP contribution in [0.2, 0.25) is 5.02 Å². The van der Waals surface area contributed by atoms with Crippen LogP contribution in [0.3, 0.4) is 0 Å². The largest absolute Gasteiger partial charge is 0.478 e. The van der Waals surface area contributed by atoms with E-state index in [4.69, 9.17) is 16.3 Å².